The van der Waals surface area contributed by atoms with Gasteiger partial charge in [0.15, 0.2) is 0 Å². The molecule has 0 aliphatic heterocycles. The van der Waals surface area contributed by atoms with E-state index in [1.165, 1.54) is 60.7 Å². The molecule has 1 aliphatic carbocycles. The molecule has 1 aliphatic rings. The van der Waals surface area contributed by atoms with Crippen LogP contribution in [0.5, 0.6) is 0 Å². The summed E-state index contributed by atoms with van der Waals surface area (Å²) in [7, 11) is 0. The fraction of sp³-hybridized carbons (Fsp3) is 0.0889. The lowest BCUT2D eigenvalue weighted by atomic mass is 9.90. The SMILES string of the molecule is N#CC(N)=C1c2cc(C#N)c(-c3ccc(-c4cc(C(F)(F)F)cc(C(F)(F)F)c4)cc3)cc2-c2cc(-c3ccc(-c4cc(C(F)(F)F)cc(C(F)(F)F)c4)cc3)c(C#N)cc21. The van der Waals surface area contributed by atoms with E-state index in [9.17, 15) is 68.5 Å². The van der Waals surface area contributed by atoms with Gasteiger partial charge in [-0.25, -0.2) is 0 Å². The third kappa shape index (κ3) is 7.86. The van der Waals surface area contributed by atoms with Gasteiger partial charge in [0.05, 0.1) is 45.5 Å². The van der Waals surface area contributed by atoms with Gasteiger partial charge in [-0.1, -0.05) is 48.5 Å². The number of hydrogen-bond donors (Lipinski definition) is 1. The number of rotatable bonds is 4. The van der Waals surface area contributed by atoms with Crippen molar-refractivity contribution in [2.45, 2.75) is 24.7 Å². The molecule has 0 bridgehead atoms. The van der Waals surface area contributed by atoms with Crippen LogP contribution in [0.25, 0.3) is 61.2 Å². The van der Waals surface area contributed by atoms with E-state index < -0.39 is 47.0 Å². The number of fused-ring (bicyclic) bond motifs is 3. The predicted molar refractivity (Wildman–Crippen MR) is 199 cm³/mol. The largest absolute Gasteiger partial charge is 0.416 e. The lowest BCUT2D eigenvalue weighted by Crippen LogP contribution is -2.11. The topological polar surface area (TPSA) is 97.4 Å². The van der Waals surface area contributed by atoms with E-state index in [1.807, 2.05) is 6.07 Å². The van der Waals surface area contributed by atoms with Crippen LogP contribution in [0.4, 0.5) is 52.7 Å². The van der Waals surface area contributed by atoms with Crippen LogP contribution in [-0.2, 0) is 24.7 Å². The quantitative estimate of drug-likeness (QED) is 0.141. The third-order valence-electron chi connectivity index (χ3n) is 10.0. The van der Waals surface area contributed by atoms with Crippen molar-refractivity contribution < 1.29 is 52.7 Å². The van der Waals surface area contributed by atoms with E-state index in [-0.39, 0.29) is 67.9 Å². The summed E-state index contributed by atoms with van der Waals surface area (Å²) in [6, 6.07) is 25.1. The average Bonchev–Trinajstić information content (AvgIpc) is 3.52. The maximum atomic E-state index is 13.6. The number of halogens is 12. The number of nitrogens with two attached hydrogens (primary N) is 1. The molecule has 16 heteroatoms. The molecule has 7 rings (SSSR count). The van der Waals surface area contributed by atoms with Crippen LogP contribution in [-0.4, -0.2) is 0 Å². The van der Waals surface area contributed by atoms with Crippen molar-refractivity contribution in [1.29, 1.82) is 15.8 Å². The number of nitrogens with zero attached hydrogens (tertiary/aromatic N) is 3. The highest BCUT2D eigenvalue weighted by atomic mass is 19.4. The van der Waals surface area contributed by atoms with E-state index in [0.717, 1.165) is 0 Å². The molecule has 0 saturated heterocycles. The minimum Gasteiger partial charge on any atom is -0.390 e. The van der Waals surface area contributed by atoms with Crippen LogP contribution in [0.2, 0.25) is 0 Å². The molecule has 61 heavy (non-hydrogen) atoms. The highest BCUT2D eigenvalue weighted by molar-refractivity contribution is 6.06. The minimum absolute atomic E-state index is 0.00548. The van der Waals surface area contributed by atoms with Gasteiger partial charge in [0.25, 0.3) is 0 Å². The van der Waals surface area contributed by atoms with Gasteiger partial charge in [0, 0.05) is 16.7 Å². The van der Waals surface area contributed by atoms with Gasteiger partial charge < -0.3 is 5.73 Å². The van der Waals surface area contributed by atoms with Gasteiger partial charge in [-0.15, -0.1) is 0 Å². The lowest BCUT2D eigenvalue weighted by molar-refractivity contribution is -0.144. The van der Waals surface area contributed by atoms with Crippen molar-refractivity contribution in [2.24, 2.45) is 5.73 Å². The zero-order valence-electron chi connectivity index (χ0n) is 30.3. The first-order valence-electron chi connectivity index (χ1n) is 17.4. The summed E-state index contributed by atoms with van der Waals surface area (Å²) in [4.78, 5) is 0. The molecule has 6 aromatic carbocycles. The highest BCUT2D eigenvalue weighted by Gasteiger charge is 2.39. The standard InChI is InChI=1S/C45H20F12N4/c46-42(47,48)30-9-26(10-31(15-30)43(49,50)51)22-1-5-24(6-2-22)34-17-36-37-18-35(29(20-59)14-39(37)41(40(61)21-60)38(36)13-28(34)19-58)25-7-3-23(4-8-25)27-11-32(44(52,53)54)16-33(12-27)45(55,56)57/h1-18H,61H2. The molecule has 2 N–H and O–H groups in total. The van der Waals surface area contributed by atoms with E-state index in [1.54, 1.807) is 12.1 Å². The highest BCUT2D eigenvalue weighted by Crippen LogP contribution is 2.50. The normalized spacial score (nSPS) is 12.6. The van der Waals surface area contributed by atoms with Gasteiger partial charge in [-0.2, -0.15) is 68.5 Å². The molecule has 0 atom stereocenters. The van der Waals surface area contributed by atoms with Crippen molar-refractivity contribution in [2.75, 3.05) is 0 Å². The molecule has 0 unspecified atom stereocenters. The Kier molecular flexibility index (Phi) is 10.00. The Morgan fingerprint density at radius 2 is 0.656 bits per heavy atom. The number of allylic oxidation sites excluding steroid dienone is 1. The van der Waals surface area contributed by atoms with Crippen molar-refractivity contribution in [3.63, 3.8) is 0 Å². The van der Waals surface area contributed by atoms with Crippen LogP contribution in [0.15, 0.2) is 115 Å². The summed E-state index contributed by atoms with van der Waals surface area (Å²) in [5, 5.41) is 30.3. The molecule has 0 spiro atoms. The summed E-state index contributed by atoms with van der Waals surface area (Å²) in [5.41, 5.74) is 2.03. The summed E-state index contributed by atoms with van der Waals surface area (Å²) in [6.07, 6.45) is -20.3. The molecule has 6 aromatic rings. The van der Waals surface area contributed by atoms with Gasteiger partial charge in [0.1, 0.15) is 11.8 Å². The number of benzene rings is 6. The van der Waals surface area contributed by atoms with E-state index in [0.29, 0.717) is 57.6 Å². The Bertz CT molecular complexity index is 2680. The summed E-state index contributed by atoms with van der Waals surface area (Å²) in [6.45, 7) is 0. The lowest BCUT2D eigenvalue weighted by Gasteiger charge is -2.15. The van der Waals surface area contributed by atoms with Gasteiger partial charge >= 0.3 is 24.7 Å². The summed E-state index contributed by atoms with van der Waals surface area (Å²) < 4.78 is 163. The fourth-order valence-corrected chi connectivity index (χ4v) is 7.14. The maximum Gasteiger partial charge on any atom is 0.416 e. The first-order chi connectivity index (χ1) is 28.5. The molecular weight excluding hydrogens is 824 g/mol. The average molecular weight is 845 g/mol. The minimum atomic E-state index is -5.07. The molecule has 0 aromatic heterocycles. The van der Waals surface area contributed by atoms with Crippen LogP contribution >= 0.6 is 0 Å². The molecule has 0 fully saturated rings. The van der Waals surface area contributed by atoms with Gasteiger partial charge in [0.2, 0.25) is 0 Å². The molecule has 0 saturated carbocycles. The first kappa shape index (κ1) is 41.6. The Morgan fingerprint density at radius 1 is 0.361 bits per heavy atom. The number of alkyl halides is 12. The second kappa shape index (κ2) is 14.6. The molecule has 0 heterocycles. The maximum absolute atomic E-state index is 13.6. The third-order valence-corrected chi connectivity index (χ3v) is 10.0. The van der Waals surface area contributed by atoms with Gasteiger partial charge in [-0.3, -0.25) is 0 Å². The van der Waals surface area contributed by atoms with Gasteiger partial charge in [-0.05, 0) is 116 Å². The molecular formula is C45H20F12N4. The summed E-state index contributed by atoms with van der Waals surface area (Å²) >= 11 is 0. The van der Waals surface area contributed by atoms with Crippen LogP contribution in [0.1, 0.15) is 44.5 Å². The monoisotopic (exact) mass is 844 g/mol. The Labute approximate surface area is 337 Å². The van der Waals surface area contributed by atoms with E-state index in [2.05, 4.69) is 12.1 Å². The van der Waals surface area contributed by atoms with Crippen molar-refractivity contribution >= 4 is 5.57 Å². The Hall–Kier alpha value is -7.51. The second-order valence-electron chi connectivity index (χ2n) is 13.8. The van der Waals surface area contributed by atoms with Crippen LogP contribution in [0.3, 0.4) is 0 Å². The van der Waals surface area contributed by atoms with Crippen LogP contribution < -0.4 is 5.73 Å². The van der Waals surface area contributed by atoms with Crippen molar-refractivity contribution in [3.05, 3.63) is 159 Å². The van der Waals surface area contributed by atoms with E-state index >= 15 is 0 Å². The summed E-state index contributed by atoms with van der Waals surface area (Å²) in [5.74, 6) is 0. The Balaban J connectivity index is 1.34. The predicted octanol–water partition coefficient (Wildman–Crippen LogP) is 13.4. The molecule has 4 nitrogen and oxygen atoms in total. The Morgan fingerprint density at radius 3 is 0.918 bits per heavy atom. The first-order valence-corrected chi connectivity index (χ1v) is 17.4. The zero-order chi connectivity index (χ0) is 44.4. The molecule has 0 radical (unpaired) electrons. The fourth-order valence-electron chi connectivity index (χ4n) is 7.14. The van der Waals surface area contributed by atoms with E-state index in [4.69, 9.17) is 5.73 Å². The second-order valence-corrected chi connectivity index (χ2v) is 13.8. The molecule has 0 amide bonds. The molecule has 304 valence electrons. The van der Waals surface area contributed by atoms with Crippen molar-refractivity contribution in [1.82, 2.24) is 0 Å². The zero-order valence-corrected chi connectivity index (χ0v) is 30.3. The number of hydrogen-bond acceptors (Lipinski definition) is 4. The number of nitriles is 3. The van der Waals surface area contributed by atoms with Crippen LogP contribution in [0, 0.1) is 34.0 Å². The van der Waals surface area contributed by atoms with Crippen molar-refractivity contribution in [3.8, 4) is 73.8 Å². The smallest absolute Gasteiger partial charge is 0.390 e.